The highest BCUT2D eigenvalue weighted by Gasteiger charge is 2.21. The van der Waals surface area contributed by atoms with Crippen LogP contribution in [0.3, 0.4) is 0 Å². The van der Waals surface area contributed by atoms with Crippen molar-refractivity contribution in [2.24, 2.45) is 7.05 Å². The van der Waals surface area contributed by atoms with E-state index in [9.17, 15) is 4.79 Å². The van der Waals surface area contributed by atoms with Gasteiger partial charge in [0.25, 0.3) is 0 Å². The predicted molar refractivity (Wildman–Crippen MR) is 133 cm³/mol. The summed E-state index contributed by atoms with van der Waals surface area (Å²) in [4.78, 5) is 12.8. The zero-order valence-electron chi connectivity index (χ0n) is 19.2. The van der Waals surface area contributed by atoms with Crippen LogP contribution in [0.4, 0.5) is 5.69 Å². The Balaban J connectivity index is 1.68. The lowest BCUT2D eigenvalue weighted by molar-refractivity contribution is -0.113. The van der Waals surface area contributed by atoms with Crippen LogP contribution < -0.4 is 5.32 Å². The second kappa shape index (κ2) is 9.41. The van der Waals surface area contributed by atoms with Crippen LogP contribution in [0.1, 0.15) is 22.5 Å². The average Bonchev–Trinajstić information content (AvgIpc) is 3.30. The smallest absolute Gasteiger partial charge is 0.234 e. The van der Waals surface area contributed by atoms with E-state index in [2.05, 4.69) is 38.8 Å². The van der Waals surface area contributed by atoms with Gasteiger partial charge < -0.3 is 5.32 Å². The van der Waals surface area contributed by atoms with Crippen LogP contribution in [0, 0.1) is 27.7 Å². The molecule has 2 heterocycles. The van der Waals surface area contributed by atoms with E-state index in [1.165, 1.54) is 11.8 Å². The molecule has 0 aliphatic rings. The molecule has 0 aliphatic heterocycles. The molecule has 9 heteroatoms. The Bertz CT molecular complexity index is 1340. The molecule has 4 aromatic rings. The molecule has 4 rings (SSSR count). The fraction of sp³-hybridized carbons (Fsp3) is 0.250. The maximum Gasteiger partial charge on any atom is 0.234 e. The third-order valence-electron chi connectivity index (χ3n) is 5.46. The van der Waals surface area contributed by atoms with Gasteiger partial charge >= 0.3 is 0 Å². The standard InChI is InChI=1S/C24H25ClN6OS/c1-14-10-11-15(2)20(12-14)31-23(18-8-6-7-9-19(18)25)27-28-24(31)33-13-21(32)26-22-16(3)29-30(5)17(22)4/h6-12H,13H2,1-5H3,(H,26,32). The molecule has 33 heavy (non-hydrogen) atoms. The van der Waals surface area contributed by atoms with E-state index < -0.39 is 0 Å². The third kappa shape index (κ3) is 4.67. The molecule has 0 unspecified atom stereocenters. The summed E-state index contributed by atoms with van der Waals surface area (Å²) >= 11 is 7.82. The number of anilines is 1. The number of halogens is 1. The summed E-state index contributed by atoms with van der Waals surface area (Å²) in [5.74, 6) is 0.685. The largest absolute Gasteiger partial charge is 0.322 e. The van der Waals surface area contributed by atoms with Crippen LogP contribution in [0.5, 0.6) is 0 Å². The first-order valence-corrected chi connectivity index (χ1v) is 11.8. The molecule has 0 atom stereocenters. The summed E-state index contributed by atoms with van der Waals surface area (Å²) in [6, 6.07) is 13.8. The van der Waals surface area contributed by atoms with Crippen LogP contribution >= 0.6 is 23.4 Å². The van der Waals surface area contributed by atoms with E-state index in [0.717, 1.165) is 39.5 Å². The van der Waals surface area contributed by atoms with Gasteiger partial charge in [-0.15, -0.1) is 10.2 Å². The maximum absolute atomic E-state index is 12.8. The monoisotopic (exact) mass is 480 g/mol. The summed E-state index contributed by atoms with van der Waals surface area (Å²) in [5, 5.41) is 17.4. The number of hydrogen-bond donors (Lipinski definition) is 1. The number of aromatic nitrogens is 5. The molecule has 0 aliphatic carbocycles. The summed E-state index contributed by atoms with van der Waals surface area (Å²) in [6.45, 7) is 7.89. The number of aryl methyl sites for hydroxylation is 4. The molecule has 0 fully saturated rings. The topological polar surface area (TPSA) is 77.6 Å². The summed E-state index contributed by atoms with van der Waals surface area (Å²) in [5.41, 5.74) is 6.36. The quantitative estimate of drug-likeness (QED) is 0.379. The fourth-order valence-corrected chi connectivity index (χ4v) is 4.58. The molecule has 0 bridgehead atoms. The molecule has 2 aromatic heterocycles. The number of carbonyl (C=O) groups is 1. The molecule has 1 amide bonds. The van der Waals surface area contributed by atoms with E-state index in [4.69, 9.17) is 11.6 Å². The molecular weight excluding hydrogens is 456 g/mol. The average molecular weight is 481 g/mol. The van der Waals surface area contributed by atoms with Crippen LogP contribution in [0.25, 0.3) is 17.1 Å². The Morgan fingerprint density at radius 1 is 1.09 bits per heavy atom. The van der Waals surface area contributed by atoms with E-state index >= 15 is 0 Å². The third-order valence-corrected chi connectivity index (χ3v) is 6.72. The highest BCUT2D eigenvalue weighted by Crippen LogP contribution is 2.33. The van der Waals surface area contributed by atoms with Gasteiger partial charge in [-0.1, -0.05) is 47.6 Å². The molecule has 7 nitrogen and oxygen atoms in total. The highest BCUT2D eigenvalue weighted by atomic mass is 35.5. The zero-order chi connectivity index (χ0) is 23.7. The van der Waals surface area contributed by atoms with Crippen LogP contribution in [-0.4, -0.2) is 36.2 Å². The van der Waals surface area contributed by atoms with E-state index in [0.29, 0.717) is 16.0 Å². The van der Waals surface area contributed by atoms with Crippen molar-refractivity contribution >= 4 is 35.0 Å². The van der Waals surface area contributed by atoms with Gasteiger partial charge in [0.2, 0.25) is 5.91 Å². The summed E-state index contributed by atoms with van der Waals surface area (Å²) in [7, 11) is 1.86. The number of nitrogens with one attached hydrogen (secondary N) is 1. The van der Waals surface area contributed by atoms with Crippen molar-refractivity contribution in [1.29, 1.82) is 0 Å². The minimum absolute atomic E-state index is 0.131. The van der Waals surface area contributed by atoms with E-state index in [-0.39, 0.29) is 11.7 Å². The lowest BCUT2D eigenvalue weighted by Gasteiger charge is -2.14. The van der Waals surface area contributed by atoms with E-state index in [1.54, 1.807) is 4.68 Å². The van der Waals surface area contributed by atoms with Gasteiger partial charge in [0.1, 0.15) is 0 Å². The summed E-state index contributed by atoms with van der Waals surface area (Å²) in [6.07, 6.45) is 0. The number of thioether (sulfide) groups is 1. The van der Waals surface area contributed by atoms with Crippen LogP contribution in [0.15, 0.2) is 47.6 Å². The van der Waals surface area contributed by atoms with Crippen molar-refractivity contribution in [3.05, 3.63) is 70.0 Å². The van der Waals surface area contributed by atoms with Gasteiger partial charge in [-0.2, -0.15) is 5.10 Å². The Morgan fingerprint density at radius 2 is 1.85 bits per heavy atom. The Kier molecular flexibility index (Phi) is 6.58. The number of amides is 1. The highest BCUT2D eigenvalue weighted by molar-refractivity contribution is 7.99. The normalized spacial score (nSPS) is 11.1. The second-order valence-electron chi connectivity index (χ2n) is 7.92. The minimum atomic E-state index is -0.131. The predicted octanol–water partition coefficient (Wildman–Crippen LogP) is 5.29. The molecule has 0 spiro atoms. The Morgan fingerprint density at radius 3 is 2.55 bits per heavy atom. The molecule has 1 N–H and O–H groups in total. The van der Waals surface area contributed by atoms with Crippen LogP contribution in [-0.2, 0) is 11.8 Å². The van der Waals surface area contributed by atoms with Gasteiger partial charge in [0.05, 0.1) is 33.5 Å². The first-order chi connectivity index (χ1) is 15.8. The zero-order valence-corrected chi connectivity index (χ0v) is 20.8. The van der Waals surface area contributed by atoms with Crippen molar-refractivity contribution in [3.8, 4) is 17.1 Å². The molecular formula is C24H25ClN6OS. The summed E-state index contributed by atoms with van der Waals surface area (Å²) < 4.78 is 3.73. The van der Waals surface area contributed by atoms with Crippen molar-refractivity contribution in [3.63, 3.8) is 0 Å². The van der Waals surface area contributed by atoms with Gasteiger partial charge in [-0.05, 0) is 57.0 Å². The number of carbonyl (C=O) groups excluding carboxylic acids is 1. The van der Waals surface area contributed by atoms with Gasteiger partial charge in [-0.25, -0.2) is 0 Å². The molecule has 2 aromatic carbocycles. The van der Waals surface area contributed by atoms with Crippen molar-refractivity contribution in [2.45, 2.75) is 32.9 Å². The second-order valence-corrected chi connectivity index (χ2v) is 9.27. The molecule has 0 saturated heterocycles. The minimum Gasteiger partial charge on any atom is -0.322 e. The van der Waals surface area contributed by atoms with Crippen molar-refractivity contribution in [1.82, 2.24) is 24.5 Å². The first kappa shape index (κ1) is 23.1. The van der Waals surface area contributed by atoms with Gasteiger partial charge in [-0.3, -0.25) is 14.0 Å². The number of nitrogens with zero attached hydrogens (tertiary/aromatic N) is 5. The first-order valence-electron chi connectivity index (χ1n) is 10.5. The lowest BCUT2D eigenvalue weighted by Crippen LogP contribution is -2.16. The maximum atomic E-state index is 12.8. The van der Waals surface area contributed by atoms with Crippen molar-refractivity contribution in [2.75, 3.05) is 11.1 Å². The number of benzene rings is 2. The van der Waals surface area contributed by atoms with Crippen LogP contribution in [0.2, 0.25) is 5.02 Å². The van der Waals surface area contributed by atoms with Gasteiger partial charge in [0.15, 0.2) is 11.0 Å². The SMILES string of the molecule is Cc1ccc(C)c(-n2c(SCC(=O)Nc3c(C)nn(C)c3C)nnc2-c2ccccc2Cl)c1. The Hall–Kier alpha value is -3.10. The molecule has 0 saturated carbocycles. The van der Waals surface area contributed by atoms with E-state index in [1.807, 2.05) is 63.6 Å². The Labute approximate surface area is 202 Å². The molecule has 170 valence electrons. The number of rotatable bonds is 6. The van der Waals surface area contributed by atoms with Gasteiger partial charge in [0, 0.05) is 12.6 Å². The number of hydrogen-bond acceptors (Lipinski definition) is 5. The fourth-order valence-electron chi connectivity index (χ4n) is 3.62. The lowest BCUT2D eigenvalue weighted by atomic mass is 10.1. The molecule has 0 radical (unpaired) electrons. The van der Waals surface area contributed by atoms with Crippen molar-refractivity contribution < 1.29 is 4.79 Å².